The summed E-state index contributed by atoms with van der Waals surface area (Å²) in [5.41, 5.74) is 3.55. The molecule has 43 heavy (non-hydrogen) atoms. The van der Waals surface area contributed by atoms with Gasteiger partial charge in [-0.15, -0.1) is 0 Å². The van der Waals surface area contributed by atoms with Gasteiger partial charge in [0.05, 0.1) is 34.3 Å². The van der Waals surface area contributed by atoms with Crippen molar-refractivity contribution in [3.05, 3.63) is 64.9 Å². The van der Waals surface area contributed by atoms with Crippen LogP contribution in [0.2, 0.25) is 5.02 Å². The summed E-state index contributed by atoms with van der Waals surface area (Å²) in [6, 6.07) is 19.6. The van der Waals surface area contributed by atoms with Crippen molar-refractivity contribution in [2.45, 2.75) is 43.7 Å². The number of rotatable bonds is 6. The minimum Gasteiger partial charge on any atom is -0.475 e. The van der Waals surface area contributed by atoms with E-state index in [1.807, 2.05) is 36.4 Å². The quantitative estimate of drug-likeness (QED) is 0.276. The summed E-state index contributed by atoms with van der Waals surface area (Å²) in [5, 5.41) is 25.7. The summed E-state index contributed by atoms with van der Waals surface area (Å²) < 4.78 is 21.1. The number of hydrogen-bond acceptors (Lipinski definition) is 7. The Morgan fingerprint density at radius 1 is 1.09 bits per heavy atom. The molecule has 1 aromatic heterocycles. The van der Waals surface area contributed by atoms with Crippen molar-refractivity contribution in [2.75, 3.05) is 44.2 Å². The van der Waals surface area contributed by atoms with Crippen molar-refractivity contribution in [3.63, 3.8) is 0 Å². The van der Waals surface area contributed by atoms with Gasteiger partial charge in [-0.2, -0.15) is 10.5 Å². The first-order valence-corrected chi connectivity index (χ1v) is 15.4. The van der Waals surface area contributed by atoms with Crippen molar-refractivity contribution < 1.29 is 9.13 Å². The summed E-state index contributed by atoms with van der Waals surface area (Å²) in [7, 11) is 0. The molecule has 3 aliphatic rings. The number of halogens is 2. The number of aromatic nitrogens is 1. The zero-order valence-corrected chi connectivity index (χ0v) is 24.6. The van der Waals surface area contributed by atoms with E-state index in [2.05, 4.69) is 27.3 Å². The molecule has 0 amide bonds. The van der Waals surface area contributed by atoms with E-state index in [-0.39, 0.29) is 16.6 Å². The zero-order chi connectivity index (χ0) is 29.6. The minimum atomic E-state index is -0.463. The van der Waals surface area contributed by atoms with Crippen LogP contribution in [-0.2, 0) is 0 Å². The predicted octanol–water partition coefficient (Wildman–Crippen LogP) is 6.42. The molecule has 0 saturated carbocycles. The van der Waals surface area contributed by atoms with Gasteiger partial charge in [-0.3, -0.25) is 4.90 Å². The fourth-order valence-electron chi connectivity index (χ4n) is 7.42. The molecule has 218 valence electrons. The maximum Gasteiger partial charge on any atom is 0.234 e. The Morgan fingerprint density at radius 3 is 2.72 bits per heavy atom. The number of ether oxygens (including phenoxy) is 1. The lowest BCUT2D eigenvalue weighted by atomic mass is 9.95. The van der Waals surface area contributed by atoms with E-state index in [1.54, 1.807) is 6.07 Å². The van der Waals surface area contributed by atoms with Gasteiger partial charge in [-0.1, -0.05) is 48.0 Å². The lowest BCUT2D eigenvalue weighted by Crippen LogP contribution is -2.51. The predicted molar refractivity (Wildman–Crippen MR) is 167 cm³/mol. The van der Waals surface area contributed by atoms with E-state index in [0.29, 0.717) is 55.0 Å². The Balaban J connectivity index is 1.37. The molecule has 0 spiro atoms. The standard InChI is InChI=1S/C34H32ClFN6O/c35-31-28(36)9-7-22-4-1-5-25(30(22)31)23-6-8-26-29(18-23)40-33(43-21-34-11-2-15-42(34)16-3-12-34)27(19-38)32(26)41-17-14-39-24(20-41)10-13-37/h1,4-9,18,24,39H,2-3,10-12,14-17,20-21H2/t24-/m0/s1. The Morgan fingerprint density at radius 2 is 1.93 bits per heavy atom. The van der Waals surface area contributed by atoms with Crippen LogP contribution in [0.4, 0.5) is 10.1 Å². The third-order valence-electron chi connectivity index (χ3n) is 9.48. The molecule has 0 bridgehead atoms. The number of nitrogens with zero attached hydrogens (tertiary/aromatic N) is 5. The molecule has 3 fully saturated rings. The van der Waals surface area contributed by atoms with Gasteiger partial charge in [0.2, 0.25) is 5.88 Å². The highest BCUT2D eigenvalue weighted by Crippen LogP contribution is 2.42. The van der Waals surface area contributed by atoms with Crippen LogP contribution in [0, 0.1) is 28.5 Å². The van der Waals surface area contributed by atoms with E-state index in [0.717, 1.165) is 66.4 Å². The molecule has 9 heteroatoms. The van der Waals surface area contributed by atoms with E-state index in [9.17, 15) is 14.9 Å². The van der Waals surface area contributed by atoms with E-state index in [1.165, 1.54) is 6.07 Å². The van der Waals surface area contributed by atoms with Gasteiger partial charge in [-0.05, 0) is 67.4 Å². The highest BCUT2D eigenvalue weighted by atomic mass is 35.5. The second kappa shape index (κ2) is 11.3. The molecule has 0 unspecified atom stereocenters. The maximum absolute atomic E-state index is 14.6. The Labute approximate surface area is 255 Å². The number of hydrogen-bond donors (Lipinski definition) is 1. The summed E-state index contributed by atoms with van der Waals surface area (Å²) in [6.07, 6.45) is 4.87. The number of nitrogens with one attached hydrogen (secondary N) is 1. The monoisotopic (exact) mass is 594 g/mol. The Bertz CT molecular complexity index is 1800. The first-order chi connectivity index (χ1) is 21.0. The van der Waals surface area contributed by atoms with E-state index < -0.39 is 5.82 Å². The number of pyridine rings is 1. The van der Waals surface area contributed by atoms with Gasteiger partial charge >= 0.3 is 0 Å². The van der Waals surface area contributed by atoms with Crippen molar-refractivity contribution in [1.29, 1.82) is 10.5 Å². The van der Waals surface area contributed by atoms with Gasteiger partial charge in [0, 0.05) is 36.4 Å². The van der Waals surface area contributed by atoms with Crippen LogP contribution in [0.3, 0.4) is 0 Å². The number of benzene rings is 3. The fraction of sp³-hybridized carbons (Fsp3) is 0.382. The third kappa shape index (κ3) is 4.84. The van der Waals surface area contributed by atoms with Crippen LogP contribution in [0.5, 0.6) is 5.88 Å². The van der Waals surface area contributed by atoms with Gasteiger partial charge in [0.25, 0.3) is 0 Å². The average molecular weight is 595 g/mol. The molecular formula is C34H32ClFN6O. The minimum absolute atomic E-state index is 0.00207. The molecule has 7 nitrogen and oxygen atoms in total. The molecule has 0 aliphatic carbocycles. The van der Waals surface area contributed by atoms with Crippen molar-refractivity contribution >= 4 is 39.0 Å². The van der Waals surface area contributed by atoms with Gasteiger partial charge in [0.1, 0.15) is 24.1 Å². The van der Waals surface area contributed by atoms with E-state index in [4.69, 9.17) is 21.3 Å². The van der Waals surface area contributed by atoms with Crippen molar-refractivity contribution in [1.82, 2.24) is 15.2 Å². The summed E-state index contributed by atoms with van der Waals surface area (Å²) in [4.78, 5) is 9.69. The van der Waals surface area contributed by atoms with E-state index >= 15 is 0 Å². The number of fused-ring (bicyclic) bond motifs is 3. The Kier molecular flexibility index (Phi) is 7.31. The molecule has 0 radical (unpaired) electrons. The first-order valence-electron chi connectivity index (χ1n) is 15.0. The number of piperazine rings is 1. The third-order valence-corrected chi connectivity index (χ3v) is 9.85. The SMILES string of the molecule is N#CC[C@H]1CN(c2c(C#N)c(OCC34CCCN3CCC4)nc3cc(-c4cccc5ccc(F)c(Cl)c45)ccc23)CCN1. The molecule has 1 N–H and O–H groups in total. The summed E-state index contributed by atoms with van der Waals surface area (Å²) in [5.74, 6) is -0.123. The van der Waals surface area contributed by atoms with Crippen LogP contribution < -0.4 is 15.0 Å². The van der Waals surface area contributed by atoms with Gasteiger partial charge in [0.15, 0.2) is 0 Å². The molecule has 4 aromatic rings. The average Bonchev–Trinajstić information content (AvgIpc) is 3.61. The van der Waals surface area contributed by atoms with Crippen LogP contribution in [0.1, 0.15) is 37.7 Å². The lowest BCUT2D eigenvalue weighted by Gasteiger charge is -2.36. The largest absolute Gasteiger partial charge is 0.475 e. The highest BCUT2D eigenvalue weighted by Gasteiger charge is 2.45. The first kappa shape index (κ1) is 27.9. The van der Waals surface area contributed by atoms with Crippen molar-refractivity contribution in [3.8, 4) is 29.1 Å². The number of nitriles is 2. The fourth-order valence-corrected chi connectivity index (χ4v) is 7.69. The molecule has 3 aromatic carbocycles. The summed E-state index contributed by atoms with van der Waals surface area (Å²) in [6.45, 7) is 4.65. The maximum atomic E-state index is 14.6. The molecule has 3 saturated heterocycles. The highest BCUT2D eigenvalue weighted by molar-refractivity contribution is 6.36. The summed E-state index contributed by atoms with van der Waals surface area (Å²) >= 11 is 6.49. The molecule has 4 heterocycles. The zero-order valence-electron chi connectivity index (χ0n) is 23.9. The Hall–Kier alpha value is -3.95. The molecule has 3 aliphatic heterocycles. The molecule has 1 atom stereocenters. The normalized spacial score (nSPS) is 19.8. The van der Waals surface area contributed by atoms with Crippen LogP contribution >= 0.6 is 11.6 Å². The topological polar surface area (TPSA) is 88.2 Å². The van der Waals surface area contributed by atoms with Gasteiger partial charge in [-0.25, -0.2) is 9.37 Å². The van der Waals surface area contributed by atoms with Gasteiger partial charge < -0.3 is 15.0 Å². The molecule has 7 rings (SSSR count). The smallest absolute Gasteiger partial charge is 0.234 e. The van der Waals surface area contributed by atoms with Crippen LogP contribution in [-0.4, -0.2) is 60.8 Å². The number of anilines is 1. The second-order valence-electron chi connectivity index (χ2n) is 11.9. The van der Waals surface area contributed by atoms with Crippen molar-refractivity contribution in [2.24, 2.45) is 0 Å². The lowest BCUT2D eigenvalue weighted by molar-refractivity contribution is 0.111. The van der Waals surface area contributed by atoms with Crippen LogP contribution in [0.25, 0.3) is 32.8 Å². The second-order valence-corrected chi connectivity index (χ2v) is 12.3. The van der Waals surface area contributed by atoms with Crippen LogP contribution in [0.15, 0.2) is 48.5 Å². The molecular weight excluding hydrogens is 563 g/mol.